The summed E-state index contributed by atoms with van der Waals surface area (Å²) in [5, 5.41) is 3.50. The molecule has 3 heterocycles. The quantitative estimate of drug-likeness (QED) is 0.416. The molecule has 3 aromatic heterocycles. The number of fused-ring (bicyclic) bond motifs is 2. The van der Waals surface area contributed by atoms with E-state index in [1.165, 1.54) is 25.7 Å². The number of hydrogen-bond donors (Lipinski definition) is 1. The smallest absolute Gasteiger partial charge is 0.328 e. The van der Waals surface area contributed by atoms with Crippen LogP contribution in [-0.4, -0.2) is 44.5 Å². The van der Waals surface area contributed by atoms with Crippen LogP contribution in [0.5, 0.6) is 0 Å². The van der Waals surface area contributed by atoms with Crippen molar-refractivity contribution in [1.29, 1.82) is 0 Å². The second-order valence-corrected chi connectivity index (χ2v) is 8.21. The maximum absolute atomic E-state index is 13.8. The van der Waals surface area contributed by atoms with Crippen molar-refractivity contribution in [1.82, 2.24) is 24.8 Å². The van der Waals surface area contributed by atoms with Crippen LogP contribution in [0.4, 0.5) is 4.39 Å². The summed E-state index contributed by atoms with van der Waals surface area (Å²) < 4.78 is 20.4. The molecule has 9 heteroatoms. The van der Waals surface area contributed by atoms with Crippen LogP contribution in [0.1, 0.15) is 22.5 Å². The van der Waals surface area contributed by atoms with Crippen molar-refractivity contribution in [2.75, 3.05) is 7.11 Å². The van der Waals surface area contributed by atoms with E-state index in [9.17, 15) is 14.0 Å². The number of amides is 1. The Balaban J connectivity index is 1.37. The van der Waals surface area contributed by atoms with Crippen molar-refractivity contribution in [3.05, 3.63) is 95.6 Å². The lowest BCUT2D eigenvalue weighted by Crippen LogP contribution is -2.44. The normalized spacial score (nSPS) is 13.3. The standard InChI is InChI=1S/C26H22FN5O3/c1-35-26(34)22(11-16-5-3-2-4-6-16)31-23(33)14-32-10-9-19-24(29-15-30-25(19)32)18-7-8-21-20(18)12-17(27)13-28-21/h2-7,9-10,12-13,15,22H,8,11,14H2,1H3,(H,31,33)/t22-/m0/s1. The van der Waals surface area contributed by atoms with Crippen molar-refractivity contribution in [3.63, 3.8) is 0 Å². The molecule has 4 aromatic rings. The zero-order valence-electron chi connectivity index (χ0n) is 18.9. The van der Waals surface area contributed by atoms with E-state index in [1.807, 2.05) is 42.5 Å². The van der Waals surface area contributed by atoms with Gasteiger partial charge in [0.2, 0.25) is 5.91 Å². The summed E-state index contributed by atoms with van der Waals surface area (Å²) >= 11 is 0. The summed E-state index contributed by atoms with van der Waals surface area (Å²) in [6, 6.07) is 11.9. The van der Waals surface area contributed by atoms with Crippen molar-refractivity contribution in [3.8, 4) is 0 Å². The van der Waals surface area contributed by atoms with E-state index >= 15 is 0 Å². The molecule has 5 rings (SSSR count). The number of aromatic nitrogens is 4. The second kappa shape index (κ2) is 9.46. The van der Waals surface area contributed by atoms with Gasteiger partial charge in [-0.15, -0.1) is 0 Å². The number of carbonyl (C=O) groups is 2. The largest absolute Gasteiger partial charge is 0.467 e. The Morgan fingerprint density at radius 3 is 2.80 bits per heavy atom. The van der Waals surface area contributed by atoms with Crippen LogP contribution >= 0.6 is 0 Å². The molecule has 1 amide bonds. The Hall–Kier alpha value is -4.40. The molecule has 0 saturated carbocycles. The van der Waals surface area contributed by atoms with Gasteiger partial charge in [-0.2, -0.15) is 0 Å². The summed E-state index contributed by atoms with van der Waals surface area (Å²) in [4.78, 5) is 38.1. The van der Waals surface area contributed by atoms with E-state index in [0.29, 0.717) is 29.7 Å². The van der Waals surface area contributed by atoms with Crippen LogP contribution < -0.4 is 5.32 Å². The Morgan fingerprint density at radius 2 is 2.00 bits per heavy atom. The highest BCUT2D eigenvalue weighted by Crippen LogP contribution is 2.34. The van der Waals surface area contributed by atoms with Crippen LogP contribution in [0.25, 0.3) is 16.6 Å². The molecule has 8 nitrogen and oxygen atoms in total. The fourth-order valence-electron chi connectivity index (χ4n) is 4.32. The molecule has 0 fully saturated rings. The molecule has 1 atom stereocenters. The Labute approximate surface area is 200 Å². The Morgan fingerprint density at radius 1 is 1.17 bits per heavy atom. The summed E-state index contributed by atoms with van der Waals surface area (Å²) in [5.41, 5.74) is 4.40. The fraction of sp³-hybridized carbons (Fsp3) is 0.192. The van der Waals surface area contributed by atoms with E-state index < -0.39 is 17.8 Å². The molecule has 0 radical (unpaired) electrons. The molecular formula is C26H22FN5O3. The predicted octanol–water partition coefficient (Wildman–Crippen LogP) is 2.85. The number of hydrogen-bond acceptors (Lipinski definition) is 6. The molecule has 0 unspecified atom stereocenters. The van der Waals surface area contributed by atoms with Crippen LogP contribution in [-0.2, 0) is 33.7 Å². The number of benzene rings is 1. The van der Waals surface area contributed by atoms with Gasteiger partial charge >= 0.3 is 5.97 Å². The highest BCUT2D eigenvalue weighted by atomic mass is 19.1. The summed E-state index contributed by atoms with van der Waals surface area (Å²) in [6.07, 6.45) is 7.25. The molecule has 0 bridgehead atoms. The molecule has 1 aliphatic carbocycles. The highest BCUT2D eigenvalue weighted by molar-refractivity contribution is 5.95. The molecule has 0 spiro atoms. The number of nitrogens with one attached hydrogen (secondary N) is 1. The number of carbonyl (C=O) groups excluding carboxylic acids is 2. The number of nitrogens with zero attached hydrogens (tertiary/aromatic N) is 4. The molecule has 1 N–H and O–H groups in total. The van der Waals surface area contributed by atoms with Crippen LogP contribution in [0.3, 0.4) is 0 Å². The van der Waals surface area contributed by atoms with Gasteiger partial charge in [0.1, 0.15) is 30.4 Å². The predicted molar refractivity (Wildman–Crippen MR) is 127 cm³/mol. The van der Waals surface area contributed by atoms with Gasteiger partial charge in [-0.1, -0.05) is 36.4 Å². The first-order valence-electron chi connectivity index (χ1n) is 11.1. The Bertz CT molecular complexity index is 1450. The summed E-state index contributed by atoms with van der Waals surface area (Å²) in [7, 11) is 1.29. The van der Waals surface area contributed by atoms with Crippen molar-refractivity contribution >= 4 is 28.5 Å². The van der Waals surface area contributed by atoms with Gasteiger partial charge < -0.3 is 14.6 Å². The van der Waals surface area contributed by atoms with Gasteiger partial charge in [0, 0.05) is 35.6 Å². The number of halogens is 1. The lowest BCUT2D eigenvalue weighted by Gasteiger charge is -2.17. The van der Waals surface area contributed by atoms with Crippen molar-refractivity contribution < 1.29 is 18.7 Å². The second-order valence-electron chi connectivity index (χ2n) is 8.21. The minimum Gasteiger partial charge on any atom is -0.467 e. The third-order valence-electron chi connectivity index (χ3n) is 5.96. The van der Waals surface area contributed by atoms with E-state index in [1.54, 1.807) is 10.8 Å². The summed E-state index contributed by atoms with van der Waals surface area (Å²) in [6.45, 7) is -0.0476. The maximum Gasteiger partial charge on any atom is 0.328 e. The van der Waals surface area contributed by atoms with E-state index in [4.69, 9.17) is 4.74 Å². The zero-order valence-corrected chi connectivity index (χ0v) is 18.9. The first kappa shape index (κ1) is 22.4. The van der Waals surface area contributed by atoms with Gasteiger partial charge in [-0.05, 0) is 17.7 Å². The Kier molecular flexibility index (Phi) is 6.05. The third kappa shape index (κ3) is 4.52. The van der Waals surface area contributed by atoms with E-state index in [2.05, 4.69) is 20.3 Å². The zero-order chi connectivity index (χ0) is 24.4. The number of esters is 1. The van der Waals surface area contributed by atoms with Crippen molar-refractivity contribution in [2.24, 2.45) is 0 Å². The molecule has 1 aromatic carbocycles. The highest BCUT2D eigenvalue weighted by Gasteiger charge is 2.24. The van der Waals surface area contributed by atoms with Crippen LogP contribution in [0, 0.1) is 5.82 Å². The number of ether oxygens (including phenoxy) is 1. The van der Waals surface area contributed by atoms with E-state index in [0.717, 1.165) is 22.2 Å². The average Bonchev–Trinajstić information content (AvgIpc) is 3.47. The van der Waals surface area contributed by atoms with E-state index in [-0.39, 0.29) is 12.5 Å². The van der Waals surface area contributed by atoms with Gasteiger partial charge in [-0.3, -0.25) is 9.78 Å². The molecule has 1 aliphatic rings. The molecule has 0 saturated heterocycles. The third-order valence-corrected chi connectivity index (χ3v) is 5.96. The monoisotopic (exact) mass is 471 g/mol. The van der Waals surface area contributed by atoms with Gasteiger partial charge in [0.25, 0.3) is 0 Å². The van der Waals surface area contributed by atoms with Crippen molar-refractivity contribution in [2.45, 2.75) is 25.4 Å². The maximum atomic E-state index is 13.8. The average molecular weight is 471 g/mol. The summed E-state index contributed by atoms with van der Waals surface area (Å²) in [5.74, 6) is -1.28. The number of allylic oxidation sites excluding steroid dienone is 1. The molecule has 35 heavy (non-hydrogen) atoms. The lowest BCUT2D eigenvalue weighted by molar-refractivity contribution is -0.145. The van der Waals surface area contributed by atoms with Crippen LogP contribution in [0.2, 0.25) is 0 Å². The molecular weight excluding hydrogens is 449 g/mol. The minimum atomic E-state index is -0.815. The van der Waals surface area contributed by atoms with Crippen LogP contribution in [0.15, 0.2) is 67.3 Å². The minimum absolute atomic E-state index is 0.0476. The number of methoxy groups -OCH3 is 1. The topological polar surface area (TPSA) is 99.0 Å². The van der Waals surface area contributed by atoms with Gasteiger partial charge in [-0.25, -0.2) is 19.2 Å². The number of pyridine rings is 1. The molecule has 0 aliphatic heterocycles. The molecule has 176 valence electrons. The first-order valence-corrected chi connectivity index (χ1v) is 11.1. The van der Waals surface area contributed by atoms with Gasteiger partial charge in [0.05, 0.1) is 24.7 Å². The number of rotatable bonds is 7. The lowest BCUT2D eigenvalue weighted by atomic mass is 10.0. The van der Waals surface area contributed by atoms with Gasteiger partial charge in [0.15, 0.2) is 0 Å². The SMILES string of the molecule is COC(=O)[C@H](Cc1ccccc1)NC(=O)Cn1ccc2c(C3=CCc4ncc(F)cc43)ncnc21. The first-order chi connectivity index (χ1) is 17.0. The fourth-order valence-corrected chi connectivity index (χ4v) is 4.32.